The highest BCUT2D eigenvalue weighted by Crippen LogP contribution is 2.32. The first-order valence-corrected chi connectivity index (χ1v) is 41.7. The lowest BCUT2D eigenvalue weighted by molar-refractivity contribution is -0.673. The molecule has 0 aliphatic carbocycles. The third-order valence-electron chi connectivity index (χ3n) is 17.2. The highest BCUT2D eigenvalue weighted by atomic mass is 35.5. The van der Waals surface area contributed by atoms with Crippen LogP contribution in [0.5, 0.6) is 0 Å². The Labute approximate surface area is 720 Å². The zero-order chi connectivity index (χ0) is 90.0. The van der Waals surface area contributed by atoms with E-state index in [0.717, 1.165) is 49.7 Å². The van der Waals surface area contributed by atoms with Gasteiger partial charge in [0.05, 0.1) is 21.9 Å². The minimum Gasteiger partial charge on any atom is -0.463 e. The number of anilines is 2. The molecule has 640 valence electrons. The van der Waals surface area contributed by atoms with Gasteiger partial charge in [-0.1, -0.05) is 349 Å². The number of hydrogen-bond donors (Lipinski definition) is 3. The molecule has 0 amide bonds. The van der Waals surface area contributed by atoms with E-state index in [4.69, 9.17) is 44.2 Å². The van der Waals surface area contributed by atoms with Crippen molar-refractivity contribution in [3.05, 3.63) is 313 Å². The number of aromatic nitrogens is 7. The van der Waals surface area contributed by atoms with Crippen LogP contribution in [0.15, 0.2) is 229 Å². The summed E-state index contributed by atoms with van der Waals surface area (Å²) in [4.78, 5) is 25.8. The molecule has 0 atom stereocenters. The van der Waals surface area contributed by atoms with Crippen LogP contribution < -0.4 is 16.0 Å². The number of furan rings is 1. The minimum atomic E-state index is -0.132. The summed E-state index contributed by atoms with van der Waals surface area (Å²) in [6.07, 6.45) is 14.3. The Morgan fingerprint density at radius 1 is 0.385 bits per heavy atom. The Morgan fingerprint density at radius 2 is 0.855 bits per heavy atom. The molecular formula is C101H146Cl2F2N9O2S+. The maximum Gasteiger partial charge on any atom is 0.220 e. The van der Waals surface area contributed by atoms with Crippen molar-refractivity contribution >= 4 is 46.2 Å². The molecule has 0 saturated heterocycles. The zero-order valence-electron chi connectivity index (χ0n) is 77.6. The number of rotatable bonds is 1. The van der Waals surface area contributed by atoms with E-state index in [1.54, 1.807) is 46.6 Å². The molecule has 0 aliphatic rings. The fourth-order valence-electron chi connectivity index (χ4n) is 10.2. The molecule has 16 heteroatoms. The normalized spacial score (nSPS) is 11.6. The quantitative estimate of drug-likeness (QED) is 0.106. The van der Waals surface area contributed by atoms with Crippen molar-refractivity contribution in [3.63, 3.8) is 0 Å². The average molecular weight is 1660 g/mol. The lowest BCUT2D eigenvalue weighted by Gasteiger charge is -2.20. The Hall–Kier alpha value is -8.53. The number of nitrogens with two attached hydrogens (primary N) is 2. The van der Waals surface area contributed by atoms with Gasteiger partial charge in [0.1, 0.15) is 31.0 Å². The summed E-state index contributed by atoms with van der Waals surface area (Å²) in [5, 5.41) is 10.3. The average Bonchev–Trinajstić information content (AvgIpc) is 1.81. The highest BCUT2D eigenvalue weighted by Gasteiger charge is 2.24. The molecule has 7 heterocycles. The summed E-state index contributed by atoms with van der Waals surface area (Å²) in [6.45, 7) is 70.1. The first-order chi connectivity index (χ1) is 53.4. The van der Waals surface area contributed by atoms with E-state index in [1.165, 1.54) is 39.4 Å². The Balaban J connectivity index is 0.000000644. The summed E-state index contributed by atoms with van der Waals surface area (Å²) in [5.41, 5.74) is 25.0. The number of aliphatic hydroxyl groups excluding tert-OH is 1. The largest absolute Gasteiger partial charge is 0.463 e. The maximum atomic E-state index is 13.3. The van der Waals surface area contributed by atoms with Crippen molar-refractivity contribution in [2.24, 2.45) is 7.05 Å². The molecular weight excluding hydrogens is 1510 g/mol. The van der Waals surface area contributed by atoms with E-state index in [0.29, 0.717) is 17.1 Å². The molecule has 117 heavy (non-hydrogen) atoms. The molecule has 0 fully saturated rings. The van der Waals surface area contributed by atoms with Gasteiger partial charge in [-0.15, -0.1) is 11.3 Å². The molecule has 11 aromatic rings. The zero-order valence-corrected chi connectivity index (χ0v) is 80.0. The first-order valence-electron chi connectivity index (χ1n) is 40.1. The second-order valence-electron chi connectivity index (χ2n) is 39.9. The molecule has 0 spiro atoms. The summed E-state index contributed by atoms with van der Waals surface area (Å²) in [5.74, 6) is 1.65. The Kier molecular flexibility index (Phi) is 43.1. The van der Waals surface area contributed by atoms with Crippen LogP contribution in [0.4, 0.5) is 20.4 Å². The summed E-state index contributed by atoms with van der Waals surface area (Å²) >= 11 is 13.7. The van der Waals surface area contributed by atoms with Crippen LogP contribution in [0.1, 0.15) is 295 Å². The molecule has 0 radical (unpaired) electrons. The number of thiazole rings is 1. The first kappa shape index (κ1) is 106. The van der Waals surface area contributed by atoms with E-state index in [-0.39, 0.29) is 72.4 Å². The van der Waals surface area contributed by atoms with Gasteiger partial charge in [-0.3, -0.25) is 19.9 Å². The van der Waals surface area contributed by atoms with Gasteiger partial charge >= 0.3 is 0 Å². The van der Waals surface area contributed by atoms with Crippen LogP contribution in [0.2, 0.25) is 10.0 Å². The van der Waals surface area contributed by atoms with Gasteiger partial charge in [0.15, 0.2) is 12.0 Å². The molecule has 0 unspecified atom stereocenters. The van der Waals surface area contributed by atoms with Gasteiger partial charge < -0.3 is 21.0 Å². The number of aliphatic hydroxyl groups is 1. The predicted octanol–water partition coefficient (Wildman–Crippen LogP) is 27.9. The number of para-hydroxylation sites is 1. The molecule has 4 aromatic carbocycles. The van der Waals surface area contributed by atoms with Crippen molar-refractivity contribution in [2.75, 3.05) is 11.5 Å². The van der Waals surface area contributed by atoms with Gasteiger partial charge in [0, 0.05) is 91.8 Å². The second-order valence-corrected chi connectivity index (χ2v) is 41.6. The van der Waals surface area contributed by atoms with Crippen LogP contribution in [0.25, 0.3) is 0 Å². The lowest BCUT2D eigenvalue weighted by atomic mass is 9.86. The van der Waals surface area contributed by atoms with Gasteiger partial charge in [-0.25, -0.2) is 23.3 Å². The van der Waals surface area contributed by atoms with E-state index in [1.807, 2.05) is 176 Å². The molecule has 5 N–H and O–H groups in total. The standard InChI is InChI=1S/C10H13Cl.C10H15FN.C10H13F.C10H15N.C10H14.C9H12ClN.2C9H13N.C9H14O2.C8H13N3.C7H11NS/c1-10(2,3)8-6-4-5-7-9(8)11;1-10(2,3)8-5-6-12(4)7-9(8)11;2*1-10(2,3)8-6-4-5-7-9(8)11;1-10(2,3)9-7-5-4-6-8-9;1-9(2,3)8-7(10)5-4-6-11-8;1-9(2,3)8-5-4-6-10-7-8;1-9(2,3)8-6-4-5-7-10-8;1-9(2,3)8-5-4-7(6-10)11-8;1-8(2,3)6-4-5-10-7(9)11-6;1-7(2,3)6-4-8-5-9-6/h4-7H,1-3H3;5-7H,1-4H3;4-7H,1-3H3;4-7H,11H2,1-3H3;4-8H,1-3H3;4-6H,1-3H3;2*4-7H,1-3H3;4-5,10H,6H2,1-3H3;4-5H,1-3H3,(H2,9,10,11);4-5H,1-3H3/q;+1;;;;;;;;;. The van der Waals surface area contributed by atoms with E-state index in [2.05, 4.69) is 271 Å². The molecule has 0 aliphatic heterocycles. The Bertz CT molecular complexity index is 4210. The third kappa shape index (κ3) is 43.1. The van der Waals surface area contributed by atoms with Crippen molar-refractivity contribution in [2.45, 2.75) is 295 Å². The highest BCUT2D eigenvalue weighted by molar-refractivity contribution is 7.09. The molecule has 7 aromatic heterocycles. The summed E-state index contributed by atoms with van der Waals surface area (Å²) < 4.78 is 33.5. The van der Waals surface area contributed by atoms with Gasteiger partial charge in [-0.05, 0) is 132 Å². The smallest absolute Gasteiger partial charge is 0.220 e. The van der Waals surface area contributed by atoms with Crippen LogP contribution in [-0.4, -0.2) is 35.0 Å². The molecule has 11 nitrogen and oxygen atoms in total. The topological polar surface area (TPSA) is 167 Å². The van der Waals surface area contributed by atoms with Crippen molar-refractivity contribution in [3.8, 4) is 0 Å². The van der Waals surface area contributed by atoms with Crippen molar-refractivity contribution < 1.29 is 22.9 Å². The fraction of sp³-hybridized carbons (Fsp3) is 0.455. The van der Waals surface area contributed by atoms with E-state index in [9.17, 15) is 8.78 Å². The van der Waals surface area contributed by atoms with Crippen LogP contribution in [-0.2, 0) is 73.2 Å². The third-order valence-corrected chi connectivity index (χ3v) is 19.1. The Morgan fingerprint density at radius 3 is 1.17 bits per heavy atom. The number of nitrogens with zero attached hydrogens (tertiary/aromatic N) is 7. The van der Waals surface area contributed by atoms with Crippen LogP contribution in [0.3, 0.4) is 0 Å². The molecule has 0 saturated carbocycles. The van der Waals surface area contributed by atoms with Crippen LogP contribution in [0, 0.1) is 11.6 Å². The van der Waals surface area contributed by atoms with Gasteiger partial charge in [-0.2, -0.15) is 0 Å². The lowest BCUT2D eigenvalue weighted by Crippen LogP contribution is -2.29. The molecule has 0 bridgehead atoms. The predicted molar refractivity (Wildman–Crippen MR) is 499 cm³/mol. The fourth-order valence-corrected chi connectivity index (χ4v) is 11.8. The number of halogens is 4. The molecule has 11 rings (SSSR count). The number of hydrogen-bond acceptors (Lipinski definition) is 11. The van der Waals surface area contributed by atoms with Gasteiger partial charge in [0.2, 0.25) is 12.1 Å². The van der Waals surface area contributed by atoms with E-state index < -0.39 is 0 Å². The summed E-state index contributed by atoms with van der Waals surface area (Å²) in [7, 11) is 1.82. The van der Waals surface area contributed by atoms with Crippen molar-refractivity contribution in [1.82, 2.24) is 29.9 Å². The second kappa shape index (κ2) is 47.3. The number of aryl methyl sites for hydroxylation is 1. The van der Waals surface area contributed by atoms with Crippen molar-refractivity contribution in [1.29, 1.82) is 0 Å². The minimum absolute atomic E-state index is 0.0178. The summed E-state index contributed by atoms with van der Waals surface area (Å²) in [6, 6.07) is 54.7. The van der Waals surface area contributed by atoms with Crippen LogP contribution >= 0.6 is 34.5 Å². The van der Waals surface area contributed by atoms with E-state index >= 15 is 0 Å². The van der Waals surface area contributed by atoms with Gasteiger partial charge in [0.25, 0.3) is 0 Å². The number of nitrogen functional groups attached to an aromatic ring is 2. The SMILES string of the molecule is CC(C)(C)c1ccc(CO)o1.CC(C)(C)c1ccccc1.CC(C)(C)c1ccccc1Cl.CC(C)(C)c1ccccc1F.CC(C)(C)c1ccccc1N.CC(C)(C)c1ccccn1.CC(C)(C)c1cccnc1.CC(C)(C)c1ccnc(N)n1.CC(C)(C)c1cncs1.CC(C)(C)c1ncccc1Cl.C[n+]1ccc(C(C)(C)C)c(F)c1. The maximum absolute atomic E-state index is 13.3. The number of pyridine rings is 4. The number of benzene rings is 4. The monoisotopic (exact) mass is 1660 g/mol.